The second kappa shape index (κ2) is 6.05. The summed E-state index contributed by atoms with van der Waals surface area (Å²) in [6.07, 6.45) is 7.11. The topological polar surface area (TPSA) is 37.0 Å². The van der Waals surface area contributed by atoms with Gasteiger partial charge in [-0.2, -0.15) is 0 Å². The highest BCUT2D eigenvalue weighted by Gasteiger charge is 2.33. The molecule has 2 unspecified atom stereocenters. The van der Waals surface area contributed by atoms with E-state index in [0.29, 0.717) is 6.04 Å². The van der Waals surface area contributed by atoms with Gasteiger partial charge in [0.15, 0.2) is 5.13 Å². The highest BCUT2D eigenvalue weighted by atomic mass is 35.5. The lowest BCUT2D eigenvalue weighted by molar-refractivity contribution is 0.378. The molecule has 2 N–H and O–H groups in total. The first-order chi connectivity index (χ1) is 6.90. The van der Waals surface area contributed by atoms with Crippen LogP contribution in [0.5, 0.6) is 0 Å². The number of piperidine rings is 1. The van der Waals surface area contributed by atoms with Gasteiger partial charge < -0.3 is 10.6 Å². The van der Waals surface area contributed by atoms with E-state index in [1.54, 1.807) is 11.3 Å². The van der Waals surface area contributed by atoms with Gasteiger partial charge in [-0.3, -0.25) is 0 Å². The summed E-state index contributed by atoms with van der Waals surface area (Å²) in [4.78, 5) is 4.27. The third-order valence-electron chi connectivity index (χ3n) is 3.23. The van der Waals surface area contributed by atoms with Gasteiger partial charge in [-0.15, -0.1) is 36.2 Å². The molecular formula is C10H17Cl2N3S. The van der Waals surface area contributed by atoms with Gasteiger partial charge in [0.1, 0.15) is 0 Å². The van der Waals surface area contributed by atoms with Gasteiger partial charge in [-0.1, -0.05) is 0 Å². The van der Waals surface area contributed by atoms with Gasteiger partial charge in [0, 0.05) is 29.7 Å². The van der Waals surface area contributed by atoms with Crippen LogP contribution >= 0.6 is 36.2 Å². The maximum Gasteiger partial charge on any atom is 0.182 e. The lowest BCUT2D eigenvalue weighted by Crippen LogP contribution is -2.43. The number of thiazole rings is 1. The zero-order valence-electron chi connectivity index (χ0n) is 8.89. The van der Waals surface area contributed by atoms with Crippen LogP contribution in [0.1, 0.15) is 25.7 Å². The van der Waals surface area contributed by atoms with Gasteiger partial charge in [0.05, 0.1) is 0 Å². The molecule has 2 bridgehead atoms. The first-order valence-electron chi connectivity index (χ1n) is 5.32. The molecule has 1 aromatic heterocycles. The second-order valence-electron chi connectivity index (χ2n) is 4.29. The van der Waals surface area contributed by atoms with Crippen LogP contribution in [0.3, 0.4) is 0 Å². The molecule has 6 heteroatoms. The zero-order valence-corrected chi connectivity index (χ0v) is 11.3. The molecule has 2 fully saturated rings. The number of halogens is 2. The predicted molar refractivity (Wildman–Crippen MR) is 73.2 cm³/mol. The molecule has 0 aromatic carbocycles. The van der Waals surface area contributed by atoms with Gasteiger partial charge >= 0.3 is 0 Å². The van der Waals surface area contributed by atoms with Crippen molar-refractivity contribution in [1.29, 1.82) is 0 Å². The van der Waals surface area contributed by atoms with Gasteiger partial charge in [0.25, 0.3) is 0 Å². The quantitative estimate of drug-likeness (QED) is 0.875. The third kappa shape index (κ3) is 3.00. The molecule has 0 aliphatic carbocycles. The summed E-state index contributed by atoms with van der Waals surface area (Å²) in [6.45, 7) is 0. The molecule has 3 nitrogen and oxygen atoms in total. The molecule has 2 saturated heterocycles. The van der Waals surface area contributed by atoms with Crippen molar-refractivity contribution >= 4 is 41.3 Å². The summed E-state index contributed by atoms with van der Waals surface area (Å²) in [5.41, 5.74) is 0. The number of anilines is 1. The van der Waals surface area contributed by atoms with Gasteiger partial charge in [-0.05, 0) is 25.7 Å². The Labute approximate surface area is 112 Å². The van der Waals surface area contributed by atoms with Crippen molar-refractivity contribution in [2.75, 3.05) is 5.32 Å². The highest BCUT2D eigenvalue weighted by Crippen LogP contribution is 2.28. The van der Waals surface area contributed by atoms with Gasteiger partial charge in [0.2, 0.25) is 0 Å². The fourth-order valence-electron chi connectivity index (χ4n) is 2.64. The summed E-state index contributed by atoms with van der Waals surface area (Å²) >= 11 is 1.70. The molecule has 1 aromatic rings. The second-order valence-corrected chi connectivity index (χ2v) is 5.18. The Balaban J connectivity index is 0.000000640. The summed E-state index contributed by atoms with van der Waals surface area (Å²) in [6, 6.07) is 2.15. The number of hydrogen-bond acceptors (Lipinski definition) is 4. The van der Waals surface area contributed by atoms with Crippen LogP contribution in [-0.2, 0) is 0 Å². The average molecular weight is 282 g/mol. The molecule has 0 saturated carbocycles. The number of aromatic nitrogens is 1. The zero-order chi connectivity index (χ0) is 9.38. The van der Waals surface area contributed by atoms with Crippen LogP contribution in [0.2, 0.25) is 0 Å². The maximum atomic E-state index is 4.27. The van der Waals surface area contributed by atoms with Crippen molar-refractivity contribution in [1.82, 2.24) is 10.3 Å². The van der Waals surface area contributed by atoms with E-state index in [1.165, 1.54) is 25.7 Å². The van der Waals surface area contributed by atoms with Gasteiger partial charge in [-0.25, -0.2) is 4.98 Å². The highest BCUT2D eigenvalue weighted by molar-refractivity contribution is 7.13. The molecule has 2 aliphatic heterocycles. The summed E-state index contributed by atoms with van der Waals surface area (Å²) in [7, 11) is 0. The van der Waals surface area contributed by atoms with E-state index in [9.17, 15) is 0 Å². The number of nitrogens with one attached hydrogen (secondary N) is 2. The molecule has 0 amide bonds. The van der Waals surface area contributed by atoms with Crippen molar-refractivity contribution in [3.63, 3.8) is 0 Å². The first kappa shape index (κ1) is 14.0. The van der Waals surface area contributed by atoms with Crippen molar-refractivity contribution in [2.45, 2.75) is 43.8 Å². The monoisotopic (exact) mass is 281 g/mol. The molecule has 92 valence electrons. The molecule has 16 heavy (non-hydrogen) atoms. The smallest absolute Gasteiger partial charge is 0.182 e. The Morgan fingerprint density at radius 2 is 1.94 bits per heavy atom. The fraction of sp³-hybridized carbons (Fsp3) is 0.700. The minimum absolute atomic E-state index is 0. The number of rotatable bonds is 2. The lowest BCUT2D eigenvalue weighted by atomic mass is 10.0. The molecule has 0 spiro atoms. The minimum atomic E-state index is 0. The van der Waals surface area contributed by atoms with Crippen molar-refractivity contribution in [3.05, 3.63) is 11.6 Å². The minimum Gasteiger partial charge on any atom is -0.359 e. The Morgan fingerprint density at radius 1 is 1.25 bits per heavy atom. The Bertz CT molecular complexity index is 295. The van der Waals surface area contributed by atoms with Crippen LogP contribution in [0.4, 0.5) is 5.13 Å². The fourth-order valence-corrected chi connectivity index (χ4v) is 3.25. The molecule has 0 radical (unpaired) electrons. The van der Waals surface area contributed by atoms with E-state index in [0.717, 1.165) is 17.2 Å². The molecule has 3 heterocycles. The maximum absolute atomic E-state index is 4.27. The number of fused-ring (bicyclic) bond motifs is 2. The van der Waals surface area contributed by atoms with Crippen LogP contribution in [-0.4, -0.2) is 23.1 Å². The summed E-state index contributed by atoms with van der Waals surface area (Å²) in [5, 5.41) is 10.3. The average Bonchev–Trinajstić information content (AvgIpc) is 2.77. The van der Waals surface area contributed by atoms with Crippen molar-refractivity contribution < 1.29 is 0 Å². The lowest BCUT2D eigenvalue weighted by Gasteiger charge is -2.29. The summed E-state index contributed by atoms with van der Waals surface area (Å²) in [5.74, 6) is 0. The SMILES string of the molecule is Cl.Cl.c1csc(NC2CC3CCC(C2)N3)n1. The van der Waals surface area contributed by atoms with Crippen molar-refractivity contribution in [3.8, 4) is 0 Å². The third-order valence-corrected chi connectivity index (χ3v) is 3.94. The van der Waals surface area contributed by atoms with E-state index in [2.05, 4.69) is 15.6 Å². The Kier molecular flexibility index (Phi) is 5.31. The molecule has 2 atom stereocenters. The van der Waals surface area contributed by atoms with E-state index in [-0.39, 0.29) is 24.8 Å². The van der Waals surface area contributed by atoms with E-state index >= 15 is 0 Å². The first-order valence-corrected chi connectivity index (χ1v) is 6.20. The van der Waals surface area contributed by atoms with Crippen LogP contribution in [0, 0.1) is 0 Å². The van der Waals surface area contributed by atoms with E-state index < -0.39 is 0 Å². The predicted octanol–water partition coefficient (Wildman–Crippen LogP) is 2.68. The van der Waals surface area contributed by atoms with Crippen molar-refractivity contribution in [2.24, 2.45) is 0 Å². The number of hydrogen-bond donors (Lipinski definition) is 2. The summed E-state index contributed by atoms with van der Waals surface area (Å²) < 4.78 is 0. The van der Waals surface area contributed by atoms with Crippen LogP contribution in [0.25, 0.3) is 0 Å². The van der Waals surface area contributed by atoms with Crippen LogP contribution in [0.15, 0.2) is 11.6 Å². The normalized spacial score (nSPS) is 31.4. The standard InChI is InChI=1S/C10H15N3S.2ClH/c1-2-8-6-9(5-7(1)12-8)13-10-11-3-4-14-10;;/h3-4,7-9,12H,1-2,5-6H2,(H,11,13);2*1H. The van der Waals surface area contributed by atoms with E-state index in [1.807, 2.05) is 11.6 Å². The Morgan fingerprint density at radius 3 is 2.50 bits per heavy atom. The van der Waals surface area contributed by atoms with Crippen LogP contribution < -0.4 is 10.6 Å². The van der Waals surface area contributed by atoms with E-state index in [4.69, 9.17) is 0 Å². The molecule has 3 rings (SSSR count). The largest absolute Gasteiger partial charge is 0.359 e. The molecular weight excluding hydrogens is 265 g/mol. The number of nitrogens with zero attached hydrogens (tertiary/aromatic N) is 1. The molecule has 2 aliphatic rings. The Hall–Kier alpha value is -0.0300.